The first kappa shape index (κ1) is 15.5. The summed E-state index contributed by atoms with van der Waals surface area (Å²) >= 11 is 9.77. The van der Waals surface area contributed by atoms with E-state index in [1.807, 2.05) is 24.6 Å². The molecule has 0 fully saturated rings. The van der Waals surface area contributed by atoms with Crippen LogP contribution in [0.4, 0.5) is 0 Å². The molecule has 0 bridgehead atoms. The van der Waals surface area contributed by atoms with E-state index in [0.29, 0.717) is 0 Å². The van der Waals surface area contributed by atoms with Crippen molar-refractivity contribution in [3.05, 3.63) is 44.6 Å². The maximum absolute atomic E-state index is 6.25. The van der Waals surface area contributed by atoms with Gasteiger partial charge in [0.25, 0.3) is 0 Å². The van der Waals surface area contributed by atoms with Gasteiger partial charge in [-0.05, 0) is 50.5 Å². The second-order valence-electron chi connectivity index (χ2n) is 5.04. The molecule has 1 aromatic carbocycles. The number of hydrogen-bond acceptors (Lipinski definition) is 2. The number of aromatic nitrogens is 2. The standard InChI is InChI=1S/C15H19BrClN3/c1-4-13(18)8-11-7-12(16)5-6-14(11)20-10(3)15(17)9(2)19-20/h5-7,13H,4,8,18H2,1-3H3. The van der Waals surface area contributed by atoms with Crippen molar-refractivity contribution in [1.82, 2.24) is 9.78 Å². The van der Waals surface area contributed by atoms with Crippen molar-refractivity contribution in [2.24, 2.45) is 5.73 Å². The first-order valence-electron chi connectivity index (χ1n) is 6.70. The fraction of sp³-hybridized carbons (Fsp3) is 0.400. The van der Waals surface area contributed by atoms with E-state index in [2.05, 4.69) is 40.1 Å². The Morgan fingerprint density at radius 3 is 2.65 bits per heavy atom. The normalized spacial score (nSPS) is 12.7. The monoisotopic (exact) mass is 355 g/mol. The first-order valence-corrected chi connectivity index (χ1v) is 7.87. The molecule has 3 nitrogen and oxygen atoms in total. The van der Waals surface area contributed by atoms with E-state index in [1.54, 1.807) is 0 Å². The molecule has 0 aliphatic rings. The van der Waals surface area contributed by atoms with Crippen molar-refractivity contribution >= 4 is 27.5 Å². The lowest BCUT2D eigenvalue weighted by atomic mass is 10.0. The summed E-state index contributed by atoms with van der Waals surface area (Å²) in [5, 5.41) is 5.25. The molecule has 0 radical (unpaired) electrons. The minimum Gasteiger partial charge on any atom is -0.327 e. The van der Waals surface area contributed by atoms with Gasteiger partial charge in [-0.15, -0.1) is 0 Å². The van der Waals surface area contributed by atoms with Gasteiger partial charge in [0.1, 0.15) is 0 Å². The lowest BCUT2D eigenvalue weighted by molar-refractivity contribution is 0.641. The number of benzene rings is 1. The summed E-state index contributed by atoms with van der Waals surface area (Å²) in [6.45, 7) is 6.00. The zero-order valence-electron chi connectivity index (χ0n) is 12.0. The van der Waals surface area contributed by atoms with Crippen LogP contribution in [0.3, 0.4) is 0 Å². The number of aryl methyl sites for hydroxylation is 1. The Balaban J connectivity index is 2.52. The van der Waals surface area contributed by atoms with Gasteiger partial charge in [0.2, 0.25) is 0 Å². The van der Waals surface area contributed by atoms with Crippen LogP contribution in [0, 0.1) is 13.8 Å². The van der Waals surface area contributed by atoms with Crippen LogP contribution in [0.25, 0.3) is 5.69 Å². The van der Waals surface area contributed by atoms with Crippen molar-refractivity contribution in [3.63, 3.8) is 0 Å². The molecule has 0 aliphatic heterocycles. The minimum atomic E-state index is 0.149. The highest BCUT2D eigenvalue weighted by Crippen LogP contribution is 2.26. The summed E-state index contributed by atoms with van der Waals surface area (Å²) in [6.07, 6.45) is 1.77. The van der Waals surface area contributed by atoms with Gasteiger partial charge in [0, 0.05) is 10.5 Å². The molecule has 2 N–H and O–H groups in total. The summed E-state index contributed by atoms with van der Waals surface area (Å²) < 4.78 is 2.95. The van der Waals surface area contributed by atoms with Crippen molar-refractivity contribution in [2.45, 2.75) is 39.7 Å². The minimum absolute atomic E-state index is 0.149. The summed E-state index contributed by atoms with van der Waals surface area (Å²) in [5.74, 6) is 0. The largest absolute Gasteiger partial charge is 0.327 e. The third kappa shape index (κ3) is 3.08. The Morgan fingerprint density at radius 1 is 1.40 bits per heavy atom. The number of hydrogen-bond donors (Lipinski definition) is 1. The van der Waals surface area contributed by atoms with Crippen LogP contribution < -0.4 is 5.73 Å². The zero-order valence-corrected chi connectivity index (χ0v) is 14.3. The maximum atomic E-state index is 6.25. The van der Waals surface area contributed by atoms with E-state index in [9.17, 15) is 0 Å². The lowest BCUT2D eigenvalue weighted by Crippen LogP contribution is -2.22. The second kappa shape index (κ2) is 6.29. The molecule has 1 unspecified atom stereocenters. The first-order chi connectivity index (χ1) is 9.43. The van der Waals surface area contributed by atoms with E-state index in [0.717, 1.165) is 39.4 Å². The molecule has 1 atom stereocenters. The lowest BCUT2D eigenvalue weighted by Gasteiger charge is -2.15. The highest BCUT2D eigenvalue weighted by molar-refractivity contribution is 9.10. The Morgan fingerprint density at radius 2 is 2.10 bits per heavy atom. The van der Waals surface area contributed by atoms with Gasteiger partial charge in [-0.25, -0.2) is 4.68 Å². The average molecular weight is 357 g/mol. The van der Waals surface area contributed by atoms with E-state index < -0.39 is 0 Å². The molecule has 2 aromatic rings. The van der Waals surface area contributed by atoms with Crippen molar-refractivity contribution in [2.75, 3.05) is 0 Å². The SMILES string of the molecule is CCC(N)Cc1cc(Br)ccc1-n1nc(C)c(Cl)c1C. The van der Waals surface area contributed by atoms with Crippen LogP contribution in [-0.2, 0) is 6.42 Å². The fourth-order valence-electron chi connectivity index (χ4n) is 2.21. The van der Waals surface area contributed by atoms with E-state index in [1.165, 1.54) is 5.56 Å². The smallest absolute Gasteiger partial charge is 0.0848 e. The van der Waals surface area contributed by atoms with E-state index in [-0.39, 0.29) is 6.04 Å². The Kier molecular flexibility index (Phi) is 4.89. The van der Waals surface area contributed by atoms with Crippen LogP contribution in [0.1, 0.15) is 30.3 Å². The molecule has 20 heavy (non-hydrogen) atoms. The van der Waals surface area contributed by atoms with Gasteiger partial charge in [0.15, 0.2) is 0 Å². The molecule has 108 valence electrons. The predicted octanol–water partition coefficient (Wildman–Crippen LogP) is 4.18. The van der Waals surface area contributed by atoms with Gasteiger partial charge in [-0.1, -0.05) is 34.5 Å². The number of halogens is 2. The molecule has 0 amide bonds. The number of rotatable bonds is 4. The van der Waals surface area contributed by atoms with Gasteiger partial charge < -0.3 is 5.73 Å². The molecule has 2 rings (SSSR count). The Bertz CT molecular complexity index is 622. The van der Waals surface area contributed by atoms with Crippen LogP contribution in [0.2, 0.25) is 5.02 Å². The van der Waals surface area contributed by atoms with Crippen molar-refractivity contribution in [3.8, 4) is 5.69 Å². The molecule has 5 heteroatoms. The maximum Gasteiger partial charge on any atom is 0.0848 e. The molecule has 0 spiro atoms. The molecule has 0 aliphatic carbocycles. The Labute approximate surface area is 133 Å². The zero-order chi connectivity index (χ0) is 14.9. The second-order valence-corrected chi connectivity index (χ2v) is 6.34. The predicted molar refractivity (Wildman–Crippen MR) is 87.7 cm³/mol. The molecule has 1 aromatic heterocycles. The summed E-state index contributed by atoms with van der Waals surface area (Å²) in [4.78, 5) is 0. The summed E-state index contributed by atoms with van der Waals surface area (Å²) in [6, 6.07) is 6.32. The van der Waals surface area contributed by atoms with Gasteiger partial charge in [-0.2, -0.15) is 5.10 Å². The average Bonchev–Trinajstić information content (AvgIpc) is 2.66. The third-order valence-electron chi connectivity index (χ3n) is 3.48. The molecule has 1 heterocycles. The fourth-order valence-corrected chi connectivity index (χ4v) is 2.74. The topological polar surface area (TPSA) is 43.8 Å². The van der Waals surface area contributed by atoms with Crippen molar-refractivity contribution < 1.29 is 0 Å². The molecular formula is C15H19BrClN3. The number of nitrogens with two attached hydrogens (primary N) is 1. The highest BCUT2D eigenvalue weighted by atomic mass is 79.9. The Hall–Kier alpha value is -0.840. The van der Waals surface area contributed by atoms with E-state index >= 15 is 0 Å². The molecular weight excluding hydrogens is 338 g/mol. The van der Waals surface area contributed by atoms with Crippen molar-refractivity contribution in [1.29, 1.82) is 0 Å². The quantitative estimate of drug-likeness (QED) is 0.893. The van der Waals surface area contributed by atoms with Crippen LogP contribution in [0.5, 0.6) is 0 Å². The molecule has 0 saturated carbocycles. The van der Waals surface area contributed by atoms with Gasteiger partial charge in [0.05, 0.1) is 22.1 Å². The third-order valence-corrected chi connectivity index (χ3v) is 4.52. The summed E-state index contributed by atoms with van der Waals surface area (Å²) in [7, 11) is 0. The highest BCUT2D eigenvalue weighted by Gasteiger charge is 2.15. The van der Waals surface area contributed by atoms with E-state index in [4.69, 9.17) is 17.3 Å². The van der Waals surface area contributed by atoms with Crippen LogP contribution in [0.15, 0.2) is 22.7 Å². The van der Waals surface area contributed by atoms with Gasteiger partial charge in [-0.3, -0.25) is 0 Å². The van der Waals surface area contributed by atoms with Gasteiger partial charge >= 0.3 is 0 Å². The summed E-state index contributed by atoms with van der Waals surface area (Å²) in [5.41, 5.74) is 10.1. The van der Waals surface area contributed by atoms with Crippen LogP contribution >= 0.6 is 27.5 Å². The number of nitrogens with zero attached hydrogens (tertiary/aromatic N) is 2. The van der Waals surface area contributed by atoms with Crippen LogP contribution in [-0.4, -0.2) is 15.8 Å². The molecule has 0 saturated heterocycles.